The van der Waals surface area contributed by atoms with Gasteiger partial charge in [-0.1, -0.05) is 30.3 Å². The highest BCUT2D eigenvalue weighted by atomic mass is 16.5. The van der Waals surface area contributed by atoms with Crippen molar-refractivity contribution in [2.24, 2.45) is 4.99 Å². The molecule has 0 fully saturated rings. The van der Waals surface area contributed by atoms with E-state index in [0.29, 0.717) is 0 Å². The Bertz CT molecular complexity index is 297. The smallest absolute Gasteiger partial charge is 0.170 e. The molecule has 0 radical (unpaired) electrons. The van der Waals surface area contributed by atoms with E-state index in [-0.39, 0.29) is 18.8 Å². The first-order chi connectivity index (χ1) is 6.42. The normalized spacial score (nSPS) is 25.9. The first-order valence-electron chi connectivity index (χ1n) is 4.24. The molecule has 1 aromatic carbocycles. The predicted molar refractivity (Wildman–Crippen MR) is 49.6 cm³/mol. The van der Waals surface area contributed by atoms with Crippen LogP contribution < -0.4 is 0 Å². The van der Waals surface area contributed by atoms with Crippen molar-refractivity contribution in [1.82, 2.24) is 0 Å². The van der Waals surface area contributed by atoms with Crippen molar-refractivity contribution in [1.29, 1.82) is 0 Å². The molecule has 1 aromatic rings. The molecule has 1 N–H and O–H groups in total. The lowest BCUT2D eigenvalue weighted by atomic mass is 10.0. The van der Waals surface area contributed by atoms with Gasteiger partial charge in [-0.05, 0) is 5.56 Å². The van der Waals surface area contributed by atoms with Crippen LogP contribution in [0, 0.1) is 0 Å². The lowest BCUT2D eigenvalue weighted by Crippen LogP contribution is -2.17. The van der Waals surface area contributed by atoms with Crippen LogP contribution in [0.5, 0.6) is 0 Å². The van der Waals surface area contributed by atoms with E-state index in [1.165, 1.54) is 6.40 Å². The summed E-state index contributed by atoms with van der Waals surface area (Å²) in [5.74, 6) is 0. The Labute approximate surface area is 76.7 Å². The lowest BCUT2D eigenvalue weighted by molar-refractivity contribution is 0.156. The van der Waals surface area contributed by atoms with Gasteiger partial charge in [0.15, 0.2) is 6.40 Å². The number of ether oxygens (including phenoxy) is 1. The van der Waals surface area contributed by atoms with Crippen LogP contribution in [0.2, 0.25) is 0 Å². The molecule has 1 heterocycles. The first-order valence-corrected chi connectivity index (χ1v) is 4.24. The van der Waals surface area contributed by atoms with E-state index in [1.54, 1.807) is 0 Å². The topological polar surface area (TPSA) is 41.8 Å². The summed E-state index contributed by atoms with van der Waals surface area (Å²) in [7, 11) is 0. The number of nitrogens with zero attached hydrogens (tertiary/aromatic N) is 1. The summed E-state index contributed by atoms with van der Waals surface area (Å²) >= 11 is 0. The number of aliphatic imine (C=N–C) groups is 1. The van der Waals surface area contributed by atoms with Crippen molar-refractivity contribution in [2.75, 3.05) is 6.61 Å². The maximum Gasteiger partial charge on any atom is 0.170 e. The molecule has 0 unspecified atom stereocenters. The van der Waals surface area contributed by atoms with Crippen molar-refractivity contribution in [3.8, 4) is 0 Å². The van der Waals surface area contributed by atoms with Crippen LogP contribution in [0.25, 0.3) is 0 Å². The second kappa shape index (κ2) is 3.58. The molecule has 68 valence electrons. The summed E-state index contributed by atoms with van der Waals surface area (Å²) in [4.78, 5) is 4.01. The minimum absolute atomic E-state index is 0.0239. The Kier molecular flexibility index (Phi) is 2.27. The van der Waals surface area contributed by atoms with Crippen molar-refractivity contribution in [2.45, 2.75) is 12.1 Å². The molecule has 0 aromatic heterocycles. The van der Waals surface area contributed by atoms with E-state index in [4.69, 9.17) is 9.84 Å². The van der Waals surface area contributed by atoms with Crippen LogP contribution in [-0.2, 0) is 4.74 Å². The standard InChI is InChI=1S/C10H11NO2/c12-6-9-10(13-7-11-9)8-4-2-1-3-5-8/h1-5,7,9-10,12H,6H2/t9-,10-/m0/s1. The quantitative estimate of drug-likeness (QED) is 0.736. The third-order valence-corrected chi connectivity index (χ3v) is 2.12. The molecule has 0 spiro atoms. The zero-order valence-electron chi connectivity index (χ0n) is 7.13. The maximum absolute atomic E-state index is 9.00. The Morgan fingerprint density at radius 1 is 1.31 bits per heavy atom. The molecule has 0 bridgehead atoms. The molecule has 3 nitrogen and oxygen atoms in total. The molecule has 2 atom stereocenters. The fourth-order valence-electron chi connectivity index (χ4n) is 1.43. The largest absolute Gasteiger partial charge is 0.473 e. The summed E-state index contributed by atoms with van der Waals surface area (Å²) in [6, 6.07) is 9.65. The Balaban J connectivity index is 2.18. The molecule has 1 aliphatic heterocycles. The number of hydrogen-bond acceptors (Lipinski definition) is 3. The third kappa shape index (κ3) is 1.55. The van der Waals surface area contributed by atoms with Crippen molar-refractivity contribution < 1.29 is 9.84 Å². The molecular formula is C10H11NO2. The van der Waals surface area contributed by atoms with Gasteiger partial charge in [-0.25, -0.2) is 4.99 Å². The summed E-state index contributed by atoms with van der Waals surface area (Å²) in [6.07, 6.45) is 1.30. The van der Waals surface area contributed by atoms with Gasteiger partial charge in [-0.15, -0.1) is 0 Å². The SMILES string of the molecule is OC[C@@H]1N=CO[C@H]1c1ccccc1. The Morgan fingerprint density at radius 3 is 2.77 bits per heavy atom. The molecule has 0 saturated heterocycles. The van der Waals surface area contributed by atoms with Gasteiger partial charge in [0, 0.05) is 0 Å². The average Bonchev–Trinajstić information content (AvgIpc) is 2.67. The van der Waals surface area contributed by atoms with E-state index in [2.05, 4.69) is 4.99 Å². The zero-order valence-corrected chi connectivity index (χ0v) is 7.13. The van der Waals surface area contributed by atoms with E-state index in [0.717, 1.165) is 5.56 Å². The average molecular weight is 177 g/mol. The van der Waals surface area contributed by atoms with Gasteiger partial charge < -0.3 is 9.84 Å². The molecule has 0 amide bonds. The highest BCUT2D eigenvalue weighted by Gasteiger charge is 2.26. The van der Waals surface area contributed by atoms with Crippen LogP contribution in [0.3, 0.4) is 0 Å². The second-order valence-electron chi connectivity index (χ2n) is 2.97. The van der Waals surface area contributed by atoms with Crippen molar-refractivity contribution >= 4 is 6.40 Å². The molecule has 0 saturated carbocycles. The zero-order chi connectivity index (χ0) is 9.10. The summed E-state index contributed by atoms with van der Waals surface area (Å²) in [6.45, 7) is 0.0239. The fourth-order valence-corrected chi connectivity index (χ4v) is 1.43. The monoisotopic (exact) mass is 177 g/mol. The van der Waals surface area contributed by atoms with Crippen molar-refractivity contribution in [3.05, 3.63) is 35.9 Å². The number of hydrogen-bond donors (Lipinski definition) is 1. The van der Waals surface area contributed by atoms with Gasteiger partial charge in [0.25, 0.3) is 0 Å². The Hall–Kier alpha value is -1.35. The van der Waals surface area contributed by atoms with E-state index in [9.17, 15) is 0 Å². The third-order valence-electron chi connectivity index (χ3n) is 2.12. The first kappa shape index (κ1) is 8.26. The van der Waals surface area contributed by atoms with Crippen LogP contribution in [-0.4, -0.2) is 24.2 Å². The number of rotatable bonds is 2. The predicted octanol–water partition coefficient (Wildman–Crippen LogP) is 1.15. The van der Waals surface area contributed by atoms with Gasteiger partial charge >= 0.3 is 0 Å². The lowest BCUT2D eigenvalue weighted by Gasteiger charge is -2.14. The summed E-state index contributed by atoms with van der Waals surface area (Å²) < 4.78 is 5.29. The van der Waals surface area contributed by atoms with Gasteiger partial charge in [-0.2, -0.15) is 0 Å². The van der Waals surface area contributed by atoms with E-state index in [1.807, 2.05) is 30.3 Å². The minimum atomic E-state index is -0.151. The number of aliphatic hydroxyl groups excluding tert-OH is 1. The second-order valence-corrected chi connectivity index (χ2v) is 2.97. The fraction of sp³-hybridized carbons (Fsp3) is 0.300. The van der Waals surface area contributed by atoms with Crippen LogP contribution in [0.1, 0.15) is 11.7 Å². The van der Waals surface area contributed by atoms with Gasteiger partial charge in [0.1, 0.15) is 12.1 Å². The van der Waals surface area contributed by atoms with Crippen LogP contribution >= 0.6 is 0 Å². The van der Waals surface area contributed by atoms with Crippen LogP contribution in [0.15, 0.2) is 35.3 Å². The molecular weight excluding hydrogens is 166 g/mol. The minimum Gasteiger partial charge on any atom is -0.473 e. The summed E-state index contributed by atoms with van der Waals surface area (Å²) in [5, 5.41) is 9.00. The van der Waals surface area contributed by atoms with Gasteiger partial charge in [0.05, 0.1) is 6.61 Å². The molecule has 13 heavy (non-hydrogen) atoms. The maximum atomic E-state index is 9.00. The van der Waals surface area contributed by atoms with E-state index < -0.39 is 0 Å². The Morgan fingerprint density at radius 2 is 2.08 bits per heavy atom. The highest BCUT2D eigenvalue weighted by Crippen LogP contribution is 2.25. The van der Waals surface area contributed by atoms with Crippen molar-refractivity contribution in [3.63, 3.8) is 0 Å². The van der Waals surface area contributed by atoms with Gasteiger partial charge in [0.2, 0.25) is 0 Å². The van der Waals surface area contributed by atoms with Crippen LogP contribution in [0.4, 0.5) is 0 Å². The number of benzene rings is 1. The van der Waals surface area contributed by atoms with E-state index >= 15 is 0 Å². The molecule has 2 rings (SSSR count). The molecule has 1 aliphatic rings. The number of aliphatic hydroxyl groups is 1. The van der Waals surface area contributed by atoms with Gasteiger partial charge in [-0.3, -0.25) is 0 Å². The highest BCUT2D eigenvalue weighted by molar-refractivity contribution is 5.51. The molecule has 0 aliphatic carbocycles. The summed E-state index contributed by atoms with van der Waals surface area (Å²) in [5.41, 5.74) is 1.05. The molecule has 3 heteroatoms.